The van der Waals surface area contributed by atoms with Crippen LogP contribution >= 0.6 is 0 Å². The van der Waals surface area contributed by atoms with E-state index in [1.165, 1.54) is 37.4 Å². The van der Waals surface area contributed by atoms with E-state index in [4.69, 9.17) is 0 Å². The van der Waals surface area contributed by atoms with Gasteiger partial charge in [-0.3, -0.25) is 0 Å². The summed E-state index contributed by atoms with van der Waals surface area (Å²) in [5.74, 6) is 0.775. The largest absolute Gasteiger partial charge is 0.371 e. The van der Waals surface area contributed by atoms with Gasteiger partial charge in [0.15, 0.2) is 0 Å². The Morgan fingerprint density at radius 2 is 1.67 bits per heavy atom. The Bertz CT molecular complexity index is 743. The molecule has 2 saturated heterocycles. The molecule has 144 valence electrons. The van der Waals surface area contributed by atoms with Crippen molar-refractivity contribution in [3.05, 3.63) is 48.4 Å². The van der Waals surface area contributed by atoms with Crippen LogP contribution in [0.2, 0.25) is 0 Å². The van der Waals surface area contributed by atoms with Gasteiger partial charge in [-0.25, -0.2) is 9.37 Å². The van der Waals surface area contributed by atoms with Crippen LogP contribution in [0.5, 0.6) is 0 Å². The molecule has 2 aromatic rings. The molecule has 0 unspecified atom stereocenters. The monoisotopic (exact) mass is 368 g/mol. The van der Waals surface area contributed by atoms with Crippen LogP contribution in [0.15, 0.2) is 42.6 Å². The number of halogens is 1. The summed E-state index contributed by atoms with van der Waals surface area (Å²) in [6.07, 6.45) is 9.35. The molecular formula is C22H29FN4. The second kappa shape index (κ2) is 8.59. The summed E-state index contributed by atoms with van der Waals surface area (Å²) in [6.45, 7) is 4.13. The summed E-state index contributed by atoms with van der Waals surface area (Å²) in [7, 11) is 0. The van der Waals surface area contributed by atoms with E-state index in [1.54, 1.807) is 12.1 Å². The third-order valence-electron chi connectivity index (χ3n) is 5.66. The maximum absolute atomic E-state index is 13.6. The average molecular weight is 369 g/mol. The van der Waals surface area contributed by atoms with Gasteiger partial charge in [0.2, 0.25) is 0 Å². The molecule has 1 aromatic heterocycles. The fraction of sp³-hybridized carbons (Fsp3) is 0.500. The molecule has 0 saturated carbocycles. The molecule has 0 spiro atoms. The predicted octanol–water partition coefficient (Wildman–Crippen LogP) is 4.68. The van der Waals surface area contributed by atoms with Gasteiger partial charge in [0.05, 0.1) is 0 Å². The second-order valence-corrected chi connectivity index (χ2v) is 7.71. The Hall–Kier alpha value is -2.30. The molecule has 0 amide bonds. The Morgan fingerprint density at radius 3 is 2.48 bits per heavy atom. The minimum Gasteiger partial charge on any atom is -0.371 e. The summed E-state index contributed by atoms with van der Waals surface area (Å²) in [6, 6.07) is 11.5. The third kappa shape index (κ3) is 4.71. The molecule has 2 aliphatic heterocycles. The number of anilines is 3. The highest BCUT2D eigenvalue weighted by Crippen LogP contribution is 2.25. The SMILES string of the molecule is Fc1cccc(N2CCC[C@@H](Nc3cc(N4CCCCCC4)ccn3)C2)c1. The van der Waals surface area contributed by atoms with Crippen LogP contribution in [0, 0.1) is 5.82 Å². The number of nitrogens with one attached hydrogen (secondary N) is 1. The maximum Gasteiger partial charge on any atom is 0.128 e. The van der Waals surface area contributed by atoms with Crippen molar-refractivity contribution in [2.75, 3.05) is 41.3 Å². The lowest BCUT2D eigenvalue weighted by Gasteiger charge is -2.35. The number of hydrogen-bond acceptors (Lipinski definition) is 4. The van der Waals surface area contributed by atoms with Crippen molar-refractivity contribution < 1.29 is 4.39 Å². The van der Waals surface area contributed by atoms with Crippen molar-refractivity contribution in [1.82, 2.24) is 4.98 Å². The first kappa shape index (κ1) is 18.1. The zero-order chi connectivity index (χ0) is 18.5. The number of hydrogen-bond donors (Lipinski definition) is 1. The lowest BCUT2D eigenvalue weighted by Crippen LogP contribution is -2.42. The van der Waals surface area contributed by atoms with Gasteiger partial charge in [-0.15, -0.1) is 0 Å². The van der Waals surface area contributed by atoms with Crippen LogP contribution in [0.4, 0.5) is 21.6 Å². The van der Waals surface area contributed by atoms with Crippen molar-refractivity contribution in [3.63, 3.8) is 0 Å². The fourth-order valence-corrected chi connectivity index (χ4v) is 4.24. The molecule has 1 N–H and O–H groups in total. The van der Waals surface area contributed by atoms with Crippen molar-refractivity contribution in [2.45, 2.75) is 44.6 Å². The molecule has 4 nitrogen and oxygen atoms in total. The van der Waals surface area contributed by atoms with Crippen molar-refractivity contribution in [3.8, 4) is 0 Å². The highest BCUT2D eigenvalue weighted by Gasteiger charge is 2.21. The topological polar surface area (TPSA) is 31.4 Å². The van der Waals surface area contributed by atoms with Crippen LogP contribution in [-0.4, -0.2) is 37.2 Å². The molecule has 5 heteroatoms. The molecule has 0 aliphatic carbocycles. The van der Waals surface area contributed by atoms with Gasteiger partial charge < -0.3 is 15.1 Å². The molecule has 1 atom stereocenters. The molecule has 0 radical (unpaired) electrons. The molecule has 27 heavy (non-hydrogen) atoms. The van der Waals surface area contributed by atoms with Gasteiger partial charge in [-0.05, 0) is 49.9 Å². The Morgan fingerprint density at radius 1 is 0.889 bits per heavy atom. The van der Waals surface area contributed by atoms with Gasteiger partial charge >= 0.3 is 0 Å². The lowest BCUT2D eigenvalue weighted by molar-refractivity contribution is 0.527. The number of pyridine rings is 1. The summed E-state index contributed by atoms with van der Waals surface area (Å²) >= 11 is 0. The summed E-state index contributed by atoms with van der Waals surface area (Å²) in [5.41, 5.74) is 2.24. The number of benzene rings is 1. The zero-order valence-corrected chi connectivity index (χ0v) is 15.9. The van der Waals surface area contributed by atoms with Crippen LogP contribution in [0.25, 0.3) is 0 Å². The Kier molecular flexibility index (Phi) is 5.75. The third-order valence-corrected chi connectivity index (χ3v) is 5.66. The minimum absolute atomic E-state index is 0.172. The first-order chi connectivity index (χ1) is 13.3. The van der Waals surface area contributed by atoms with E-state index in [0.29, 0.717) is 6.04 Å². The number of aromatic nitrogens is 1. The first-order valence-corrected chi connectivity index (χ1v) is 10.3. The van der Waals surface area contributed by atoms with Gasteiger partial charge in [-0.2, -0.15) is 0 Å². The van der Waals surface area contributed by atoms with Gasteiger partial charge in [0.1, 0.15) is 11.6 Å². The molecule has 2 aliphatic rings. The Balaban J connectivity index is 1.42. The van der Waals surface area contributed by atoms with E-state index in [0.717, 1.165) is 50.5 Å². The van der Waals surface area contributed by atoms with Crippen LogP contribution in [-0.2, 0) is 0 Å². The Labute approximate surface area is 161 Å². The zero-order valence-electron chi connectivity index (χ0n) is 15.9. The van der Waals surface area contributed by atoms with Crippen molar-refractivity contribution in [2.24, 2.45) is 0 Å². The van der Waals surface area contributed by atoms with Crippen molar-refractivity contribution >= 4 is 17.2 Å². The fourth-order valence-electron chi connectivity index (χ4n) is 4.24. The van der Waals surface area contributed by atoms with Gasteiger partial charge in [0.25, 0.3) is 0 Å². The molecule has 2 fully saturated rings. The van der Waals surface area contributed by atoms with E-state index in [-0.39, 0.29) is 5.82 Å². The molecule has 0 bridgehead atoms. The minimum atomic E-state index is -0.172. The highest BCUT2D eigenvalue weighted by atomic mass is 19.1. The van der Waals surface area contributed by atoms with E-state index >= 15 is 0 Å². The number of piperidine rings is 1. The van der Waals surface area contributed by atoms with Gasteiger partial charge in [0, 0.05) is 55.9 Å². The number of nitrogens with zero attached hydrogens (tertiary/aromatic N) is 3. The standard InChI is InChI=1S/C22H29FN4/c23-18-7-5-9-20(15-18)27-14-6-8-19(17-27)25-22-16-21(10-11-24-22)26-12-3-1-2-4-13-26/h5,7,9-11,15-16,19H,1-4,6,8,12-14,17H2,(H,24,25)/t19-/m1/s1. The van der Waals surface area contributed by atoms with E-state index in [2.05, 4.69) is 32.2 Å². The van der Waals surface area contributed by atoms with E-state index < -0.39 is 0 Å². The van der Waals surface area contributed by atoms with E-state index in [9.17, 15) is 4.39 Å². The van der Waals surface area contributed by atoms with E-state index in [1.807, 2.05) is 12.3 Å². The molecule has 3 heterocycles. The quantitative estimate of drug-likeness (QED) is 0.849. The summed E-state index contributed by atoms with van der Waals surface area (Å²) < 4.78 is 13.6. The average Bonchev–Trinajstić information content (AvgIpc) is 2.98. The van der Waals surface area contributed by atoms with Crippen molar-refractivity contribution in [1.29, 1.82) is 0 Å². The predicted molar refractivity (Wildman–Crippen MR) is 110 cm³/mol. The molecule has 1 aromatic carbocycles. The number of rotatable bonds is 4. The van der Waals surface area contributed by atoms with Crippen LogP contribution in [0.3, 0.4) is 0 Å². The summed E-state index contributed by atoms with van der Waals surface area (Å²) in [5, 5.41) is 3.62. The van der Waals surface area contributed by atoms with Crippen LogP contribution in [0.1, 0.15) is 38.5 Å². The van der Waals surface area contributed by atoms with Gasteiger partial charge in [-0.1, -0.05) is 18.9 Å². The normalized spacial score (nSPS) is 21.0. The second-order valence-electron chi connectivity index (χ2n) is 7.71. The van der Waals surface area contributed by atoms with Crippen LogP contribution < -0.4 is 15.1 Å². The lowest BCUT2D eigenvalue weighted by atomic mass is 10.0. The summed E-state index contributed by atoms with van der Waals surface area (Å²) in [4.78, 5) is 9.30. The smallest absolute Gasteiger partial charge is 0.128 e. The maximum atomic E-state index is 13.6. The first-order valence-electron chi connectivity index (χ1n) is 10.3. The highest BCUT2D eigenvalue weighted by molar-refractivity contribution is 5.55. The molecular weight excluding hydrogens is 339 g/mol. The molecule has 4 rings (SSSR count).